The summed E-state index contributed by atoms with van der Waals surface area (Å²) in [6.45, 7) is 0. The summed E-state index contributed by atoms with van der Waals surface area (Å²) < 4.78 is 4.78. The smallest absolute Gasteiger partial charge is 0.116 e. The third-order valence-electron chi connectivity index (χ3n) is 7.33. The van der Waals surface area contributed by atoms with Crippen LogP contribution in [0.15, 0.2) is 128 Å². The zero-order valence-corrected chi connectivity index (χ0v) is 21.2. The summed E-state index contributed by atoms with van der Waals surface area (Å²) in [4.78, 5) is 8.92. The van der Waals surface area contributed by atoms with Gasteiger partial charge < -0.3 is 4.57 Å². The van der Waals surface area contributed by atoms with Crippen molar-refractivity contribution < 1.29 is 0 Å². The van der Waals surface area contributed by atoms with E-state index < -0.39 is 0 Å². The minimum Gasteiger partial charge on any atom is -0.308 e. The average molecular weight is 504 g/mol. The van der Waals surface area contributed by atoms with Gasteiger partial charge in [-0.1, -0.05) is 91.0 Å². The number of rotatable bonds is 3. The minimum atomic E-state index is 1.02. The number of nitrogens with zero attached hydrogens (tertiary/aromatic N) is 3. The summed E-state index contributed by atoms with van der Waals surface area (Å²) in [5.74, 6) is 0. The van der Waals surface area contributed by atoms with Crippen LogP contribution in [0, 0.1) is 0 Å². The number of hydrogen-bond acceptors (Lipinski definition) is 3. The van der Waals surface area contributed by atoms with Crippen molar-refractivity contribution in [1.82, 2.24) is 14.5 Å². The van der Waals surface area contributed by atoms with Gasteiger partial charge in [0.05, 0.1) is 25.9 Å². The van der Waals surface area contributed by atoms with Gasteiger partial charge in [-0.2, -0.15) is 0 Å². The maximum atomic E-state index is 4.63. The fourth-order valence-electron chi connectivity index (χ4n) is 5.62. The van der Waals surface area contributed by atoms with Crippen molar-refractivity contribution in [2.24, 2.45) is 0 Å². The van der Waals surface area contributed by atoms with Gasteiger partial charge in [-0.25, -0.2) is 9.97 Å². The summed E-state index contributed by atoms with van der Waals surface area (Å²) in [6.07, 6.45) is 3.57. The second-order valence-corrected chi connectivity index (χ2v) is 10.6. The maximum absolute atomic E-state index is 4.63. The summed E-state index contributed by atoms with van der Waals surface area (Å²) in [5.41, 5.74) is 9.38. The molecule has 3 nitrogen and oxygen atoms in total. The Morgan fingerprint density at radius 3 is 1.97 bits per heavy atom. The Hall–Kier alpha value is -4.80. The third-order valence-corrected chi connectivity index (χ3v) is 8.46. The third kappa shape index (κ3) is 3.21. The van der Waals surface area contributed by atoms with Gasteiger partial charge in [-0.15, -0.1) is 11.3 Å². The van der Waals surface area contributed by atoms with Crippen LogP contribution in [0.4, 0.5) is 0 Å². The Balaban J connectivity index is 1.53. The minimum absolute atomic E-state index is 1.02. The molecule has 0 atom stereocenters. The summed E-state index contributed by atoms with van der Waals surface area (Å²) in [6, 6.07) is 41.4. The van der Waals surface area contributed by atoms with Crippen LogP contribution in [0.2, 0.25) is 0 Å². The first-order valence-corrected chi connectivity index (χ1v) is 13.5. The van der Waals surface area contributed by atoms with E-state index in [1.165, 1.54) is 54.1 Å². The molecular formula is C34H21N3S. The number of fused-ring (bicyclic) bond motifs is 7. The zero-order chi connectivity index (χ0) is 25.1. The van der Waals surface area contributed by atoms with Crippen molar-refractivity contribution in [3.8, 4) is 27.9 Å². The van der Waals surface area contributed by atoms with Crippen molar-refractivity contribution in [2.45, 2.75) is 0 Å². The number of thiophene rings is 1. The molecule has 0 saturated carbocycles. The molecule has 38 heavy (non-hydrogen) atoms. The largest absolute Gasteiger partial charge is 0.308 e. The van der Waals surface area contributed by atoms with Crippen LogP contribution in [0.5, 0.6) is 0 Å². The van der Waals surface area contributed by atoms with E-state index in [9.17, 15) is 0 Å². The molecule has 178 valence electrons. The number of aromatic nitrogens is 3. The molecule has 5 aromatic carbocycles. The van der Waals surface area contributed by atoms with Gasteiger partial charge in [0.1, 0.15) is 6.33 Å². The van der Waals surface area contributed by atoms with Gasteiger partial charge in [-0.05, 0) is 46.5 Å². The van der Waals surface area contributed by atoms with Crippen LogP contribution >= 0.6 is 11.3 Å². The average Bonchev–Trinajstić information content (AvgIpc) is 3.54. The van der Waals surface area contributed by atoms with E-state index in [-0.39, 0.29) is 0 Å². The van der Waals surface area contributed by atoms with E-state index in [1.807, 2.05) is 6.20 Å². The summed E-state index contributed by atoms with van der Waals surface area (Å²) in [7, 11) is 0. The number of hydrogen-bond donors (Lipinski definition) is 0. The van der Waals surface area contributed by atoms with E-state index in [4.69, 9.17) is 0 Å². The lowest BCUT2D eigenvalue weighted by Crippen LogP contribution is -1.96. The van der Waals surface area contributed by atoms with Crippen molar-refractivity contribution in [2.75, 3.05) is 0 Å². The molecule has 0 aliphatic carbocycles. The van der Waals surface area contributed by atoms with Crippen molar-refractivity contribution in [3.63, 3.8) is 0 Å². The molecule has 4 heteroatoms. The molecule has 0 saturated heterocycles. The van der Waals surface area contributed by atoms with Crippen molar-refractivity contribution in [3.05, 3.63) is 128 Å². The Labute approximate surface area is 223 Å². The first kappa shape index (κ1) is 21.3. The van der Waals surface area contributed by atoms with Crippen LogP contribution in [0.1, 0.15) is 0 Å². The van der Waals surface area contributed by atoms with Gasteiger partial charge >= 0.3 is 0 Å². The Kier molecular flexibility index (Phi) is 4.69. The molecule has 0 N–H and O–H groups in total. The van der Waals surface area contributed by atoms with Crippen molar-refractivity contribution in [1.29, 1.82) is 0 Å². The van der Waals surface area contributed by atoms with E-state index in [0.717, 1.165) is 15.9 Å². The Morgan fingerprint density at radius 2 is 1.24 bits per heavy atom. The second-order valence-electron chi connectivity index (χ2n) is 9.53. The van der Waals surface area contributed by atoms with E-state index >= 15 is 0 Å². The highest BCUT2D eigenvalue weighted by molar-refractivity contribution is 7.26. The Morgan fingerprint density at radius 1 is 0.579 bits per heavy atom. The maximum Gasteiger partial charge on any atom is 0.116 e. The molecular weight excluding hydrogens is 482 g/mol. The van der Waals surface area contributed by atoms with E-state index in [0.29, 0.717) is 0 Å². The van der Waals surface area contributed by atoms with Crippen molar-refractivity contribution >= 4 is 53.4 Å². The normalized spacial score (nSPS) is 11.7. The number of benzene rings is 5. The summed E-state index contributed by atoms with van der Waals surface area (Å²) >= 11 is 1.77. The molecule has 0 aliphatic rings. The first-order chi connectivity index (χ1) is 18.8. The molecule has 0 aliphatic heterocycles. The number of para-hydroxylation sites is 1. The highest BCUT2D eigenvalue weighted by Gasteiger charge is 2.19. The molecule has 0 amide bonds. The predicted molar refractivity (Wildman–Crippen MR) is 160 cm³/mol. The lowest BCUT2D eigenvalue weighted by Gasteiger charge is -2.14. The topological polar surface area (TPSA) is 30.7 Å². The first-order valence-electron chi connectivity index (χ1n) is 12.7. The Bertz CT molecular complexity index is 2070. The van der Waals surface area contributed by atoms with Gasteiger partial charge in [0, 0.05) is 28.0 Å². The molecule has 0 bridgehead atoms. The monoisotopic (exact) mass is 503 g/mol. The van der Waals surface area contributed by atoms with Crippen LogP contribution in [-0.4, -0.2) is 14.5 Å². The van der Waals surface area contributed by atoms with Gasteiger partial charge in [0.25, 0.3) is 0 Å². The van der Waals surface area contributed by atoms with E-state index in [2.05, 4.69) is 130 Å². The fraction of sp³-hybridized carbons (Fsp3) is 0. The van der Waals surface area contributed by atoms with Gasteiger partial charge in [-0.3, -0.25) is 0 Å². The van der Waals surface area contributed by atoms with Crippen LogP contribution in [0.3, 0.4) is 0 Å². The molecule has 0 spiro atoms. The molecule has 8 rings (SSSR count). The molecule has 3 aromatic heterocycles. The fourth-order valence-corrected chi connectivity index (χ4v) is 6.79. The van der Waals surface area contributed by atoms with E-state index in [1.54, 1.807) is 17.7 Å². The zero-order valence-electron chi connectivity index (χ0n) is 20.4. The van der Waals surface area contributed by atoms with Gasteiger partial charge in [0.2, 0.25) is 0 Å². The molecule has 0 unspecified atom stereocenters. The predicted octanol–water partition coefficient (Wildman–Crippen LogP) is 9.28. The molecule has 0 fully saturated rings. The summed E-state index contributed by atoms with van der Waals surface area (Å²) in [5, 5.41) is 3.67. The molecule has 0 radical (unpaired) electrons. The lowest BCUT2D eigenvalue weighted by molar-refractivity contribution is 1.19. The highest BCUT2D eigenvalue weighted by atomic mass is 32.1. The lowest BCUT2D eigenvalue weighted by atomic mass is 9.98. The highest BCUT2D eigenvalue weighted by Crippen LogP contribution is 2.43. The van der Waals surface area contributed by atoms with Crippen LogP contribution in [0.25, 0.3) is 70.0 Å². The standard InChI is InChI=1S/C34H21N3S/c1-3-9-22(10-4-1)24-17-25(23-11-5-2-6-12-23)19-26(18-24)37-30-14-8-7-13-27(30)28-15-16-29-32-31(20-35-21-36-32)38-34(29)33(28)37/h1-21H. The molecule has 8 aromatic rings. The van der Waals surface area contributed by atoms with Gasteiger partial charge in [0.15, 0.2) is 0 Å². The SMILES string of the molecule is c1ccc(-c2cc(-c3ccccc3)cc(-n3c4ccccc4c4ccc5c6ncncc6sc5c43)c2)cc1. The van der Waals surface area contributed by atoms with Crippen LogP contribution < -0.4 is 0 Å². The quantitative estimate of drug-likeness (QED) is 0.240. The van der Waals surface area contributed by atoms with Crippen LogP contribution in [-0.2, 0) is 0 Å². The molecule has 3 heterocycles. The second kappa shape index (κ2) is 8.37.